The predicted octanol–water partition coefficient (Wildman–Crippen LogP) is 1.12. The smallest absolute Gasteiger partial charge is 0.304 e. The Labute approximate surface area is 104 Å². The maximum atomic E-state index is 10.6. The predicted molar refractivity (Wildman–Crippen MR) is 67.0 cm³/mol. The second kappa shape index (κ2) is 5.83. The molecular formula is C13H24N2O2. The average Bonchev–Trinajstić information content (AvgIpc) is 2.26. The summed E-state index contributed by atoms with van der Waals surface area (Å²) in [7, 11) is 0. The number of piperidine rings is 1. The zero-order valence-corrected chi connectivity index (χ0v) is 10.8. The molecule has 0 bridgehead atoms. The van der Waals surface area contributed by atoms with Gasteiger partial charge in [-0.05, 0) is 37.8 Å². The molecule has 0 radical (unpaired) electrons. The number of rotatable bonds is 5. The zero-order chi connectivity index (χ0) is 12.3. The number of hydrogen-bond donors (Lipinski definition) is 1. The quantitative estimate of drug-likeness (QED) is 0.782. The van der Waals surface area contributed by atoms with Crippen LogP contribution in [0.3, 0.4) is 0 Å². The van der Waals surface area contributed by atoms with Crippen molar-refractivity contribution in [1.82, 2.24) is 9.80 Å². The Bertz CT molecular complexity index is 264. The highest BCUT2D eigenvalue weighted by Gasteiger charge is 2.34. The van der Waals surface area contributed by atoms with Crippen LogP contribution in [0.25, 0.3) is 0 Å². The number of nitrogens with zero attached hydrogens (tertiary/aromatic N) is 2. The molecule has 98 valence electrons. The SMILES string of the molecule is CCN1CC(C2CCCN(CCC(=O)O)C2)C1. The van der Waals surface area contributed by atoms with Crippen molar-refractivity contribution in [2.75, 3.05) is 39.3 Å². The molecule has 0 aromatic carbocycles. The van der Waals surface area contributed by atoms with Gasteiger partial charge in [0.25, 0.3) is 0 Å². The number of hydrogen-bond acceptors (Lipinski definition) is 3. The first kappa shape index (κ1) is 12.8. The molecule has 4 heteroatoms. The van der Waals surface area contributed by atoms with Crippen LogP contribution in [0.2, 0.25) is 0 Å². The first-order chi connectivity index (χ1) is 8.19. The van der Waals surface area contributed by atoms with Crippen LogP contribution in [0.4, 0.5) is 0 Å². The van der Waals surface area contributed by atoms with Crippen molar-refractivity contribution >= 4 is 5.97 Å². The van der Waals surface area contributed by atoms with Gasteiger partial charge in [-0.25, -0.2) is 0 Å². The third-order valence-electron chi connectivity index (χ3n) is 4.28. The molecule has 2 aliphatic heterocycles. The molecule has 2 rings (SSSR count). The lowest BCUT2D eigenvalue weighted by Crippen LogP contribution is -2.53. The second-order valence-corrected chi connectivity index (χ2v) is 5.46. The van der Waals surface area contributed by atoms with Crippen LogP contribution in [-0.4, -0.2) is 60.1 Å². The van der Waals surface area contributed by atoms with Crippen LogP contribution in [-0.2, 0) is 4.79 Å². The zero-order valence-electron chi connectivity index (χ0n) is 10.8. The van der Waals surface area contributed by atoms with Gasteiger partial charge in [-0.1, -0.05) is 6.92 Å². The molecule has 0 spiro atoms. The molecule has 0 aromatic rings. The van der Waals surface area contributed by atoms with E-state index in [1.807, 2.05) is 0 Å². The van der Waals surface area contributed by atoms with Crippen molar-refractivity contribution in [3.8, 4) is 0 Å². The van der Waals surface area contributed by atoms with Gasteiger partial charge in [-0.2, -0.15) is 0 Å². The molecule has 0 saturated carbocycles. The lowest BCUT2D eigenvalue weighted by Gasteiger charge is -2.46. The first-order valence-corrected chi connectivity index (χ1v) is 6.85. The minimum Gasteiger partial charge on any atom is -0.481 e. The van der Waals surface area contributed by atoms with Crippen LogP contribution < -0.4 is 0 Å². The minimum atomic E-state index is -0.673. The molecule has 1 N–H and O–H groups in total. The Morgan fingerprint density at radius 3 is 2.59 bits per heavy atom. The van der Waals surface area contributed by atoms with E-state index < -0.39 is 5.97 Å². The molecule has 2 fully saturated rings. The molecular weight excluding hydrogens is 216 g/mol. The van der Waals surface area contributed by atoms with Crippen LogP contribution in [0.15, 0.2) is 0 Å². The summed E-state index contributed by atoms with van der Waals surface area (Å²) in [5, 5.41) is 8.71. The lowest BCUT2D eigenvalue weighted by molar-refractivity contribution is -0.137. The number of aliphatic carboxylic acids is 1. The monoisotopic (exact) mass is 240 g/mol. The van der Waals surface area contributed by atoms with Gasteiger partial charge in [-0.15, -0.1) is 0 Å². The van der Waals surface area contributed by atoms with Crippen molar-refractivity contribution in [2.45, 2.75) is 26.2 Å². The highest BCUT2D eigenvalue weighted by atomic mass is 16.4. The van der Waals surface area contributed by atoms with E-state index >= 15 is 0 Å². The van der Waals surface area contributed by atoms with Crippen molar-refractivity contribution in [3.05, 3.63) is 0 Å². The van der Waals surface area contributed by atoms with E-state index in [0.29, 0.717) is 6.42 Å². The molecule has 0 aromatic heterocycles. The van der Waals surface area contributed by atoms with Gasteiger partial charge in [0.1, 0.15) is 0 Å². The third-order valence-corrected chi connectivity index (χ3v) is 4.28. The van der Waals surface area contributed by atoms with E-state index in [1.165, 1.54) is 32.5 Å². The van der Waals surface area contributed by atoms with Gasteiger partial charge < -0.3 is 14.9 Å². The van der Waals surface area contributed by atoms with E-state index in [0.717, 1.165) is 31.5 Å². The molecule has 1 unspecified atom stereocenters. The van der Waals surface area contributed by atoms with Gasteiger partial charge in [0.05, 0.1) is 6.42 Å². The molecule has 1 atom stereocenters. The summed E-state index contributed by atoms with van der Waals surface area (Å²) in [5.41, 5.74) is 0. The van der Waals surface area contributed by atoms with E-state index in [-0.39, 0.29) is 0 Å². The van der Waals surface area contributed by atoms with Gasteiger partial charge >= 0.3 is 5.97 Å². The summed E-state index contributed by atoms with van der Waals surface area (Å²) in [6, 6.07) is 0. The van der Waals surface area contributed by atoms with Crippen molar-refractivity contribution in [1.29, 1.82) is 0 Å². The summed E-state index contributed by atoms with van der Waals surface area (Å²) < 4.78 is 0. The van der Waals surface area contributed by atoms with Crippen molar-refractivity contribution < 1.29 is 9.90 Å². The lowest BCUT2D eigenvalue weighted by atomic mass is 9.80. The van der Waals surface area contributed by atoms with Crippen LogP contribution in [0, 0.1) is 11.8 Å². The molecule has 4 nitrogen and oxygen atoms in total. The van der Waals surface area contributed by atoms with E-state index in [9.17, 15) is 4.79 Å². The highest BCUT2D eigenvalue weighted by molar-refractivity contribution is 5.66. The fourth-order valence-electron chi connectivity index (χ4n) is 3.10. The number of carboxylic acids is 1. The van der Waals surface area contributed by atoms with E-state index in [1.54, 1.807) is 0 Å². The molecule has 2 heterocycles. The summed E-state index contributed by atoms with van der Waals surface area (Å²) in [6.45, 7) is 8.85. The number of carbonyl (C=O) groups is 1. The van der Waals surface area contributed by atoms with Crippen LogP contribution >= 0.6 is 0 Å². The molecule has 17 heavy (non-hydrogen) atoms. The normalized spacial score (nSPS) is 27.9. The summed E-state index contributed by atoms with van der Waals surface area (Å²) in [5.74, 6) is 0.996. The maximum absolute atomic E-state index is 10.6. The number of carboxylic acid groups (broad SMARTS) is 1. The summed E-state index contributed by atoms with van der Waals surface area (Å²) in [6.07, 6.45) is 2.87. The molecule has 0 amide bonds. The fraction of sp³-hybridized carbons (Fsp3) is 0.923. The van der Waals surface area contributed by atoms with Gasteiger partial charge in [0.15, 0.2) is 0 Å². The van der Waals surface area contributed by atoms with Gasteiger partial charge in [-0.3, -0.25) is 4.79 Å². The second-order valence-electron chi connectivity index (χ2n) is 5.46. The Morgan fingerprint density at radius 1 is 1.24 bits per heavy atom. The maximum Gasteiger partial charge on any atom is 0.304 e. The van der Waals surface area contributed by atoms with E-state index in [2.05, 4.69) is 16.7 Å². The van der Waals surface area contributed by atoms with E-state index in [4.69, 9.17) is 5.11 Å². The fourth-order valence-corrected chi connectivity index (χ4v) is 3.10. The third kappa shape index (κ3) is 3.42. The molecule has 2 saturated heterocycles. The minimum absolute atomic E-state index is 0.290. The molecule has 0 aliphatic carbocycles. The topological polar surface area (TPSA) is 43.8 Å². The van der Waals surface area contributed by atoms with Gasteiger partial charge in [0.2, 0.25) is 0 Å². The summed E-state index contributed by atoms with van der Waals surface area (Å²) in [4.78, 5) is 15.4. The first-order valence-electron chi connectivity index (χ1n) is 6.85. The molecule has 2 aliphatic rings. The Balaban J connectivity index is 1.72. The Kier molecular flexibility index (Phi) is 4.40. The van der Waals surface area contributed by atoms with Crippen LogP contribution in [0.1, 0.15) is 26.2 Å². The largest absolute Gasteiger partial charge is 0.481 e. The van der Waals surface area contributed by atoms with Crippen LogP contribution in [0.5, 0.6) is 0 Å². The average molecular weight is 240 g/mol. The van der Waals surface area contributed by atoms with Gasteiger partial charge in [0, 0.05) is 26.2 Å². The highest BCUT2D eigenvalue weighted by Crippen LogP contribution is 2.30. The standard InChI is InChI=1S/C13H24N2O2/c1-2-14-9-12(10-14)11-4-3-6-15(8-11)7-5-13(16)17/h11-12H,2-10H2,1H3,(H,16,17). The van der Waals surface area contributed by atoms with Crippen molar-refractivity contribution in [3.63, 3.8) is 0 Å². The Hall–Kier alpha value is -0.610. The van der Waals surface area contributed by atoms with Crippen molar-refractivity contribution in [2.24, 2.45) is 11.8 Å². The summed E-state index contributed by atoms with van der Waals surface area (Å²) >= 11 is 0. The number of likely N-dealkylation sites (tertiary alicyclic amines) is 2. The Morgan fingerprint density at radius 2 is 1.94 bits per heavy atom.